The van der Waals surface area contributed by atoms with Crippen LogP contribution in [0.2, 0.25) is 0 Å². The number of nitrogens with zero attached hydrogens (tertiary/aromatic N) is 3. The maximum absolute atomic E-state index is 11.6. The van der Waals surface area contributed by atoms with Crippen molar-refractivity contribution in [1.29, 1.82) is 0 Å². The van der Waals surface area contributed by atoms with E-state index < -0.39 is 0 Å². The van der Waals surface area contributed by atoms with Gasteiger partial charge in [-0.15, -0.1) is 0 Å². The van der Waals surface area contributed by atoms with Crippen molar-refractivity contribution in [2.45, 2.75) is 32.2 Å². The van der Waals surface area contributed by atoms with Gasteiger partial charge in [-0.05, 0) is 53.1 Å². The molecule has 154 valence electrons. The Balaban J connectivity index is 1.43. The number of rotatable bonds is 5. The van der Waals surface area contributed by atoms with Crippen LogP contribution in [-0.4, -0.2) is 33.9 Å². The number of carbonyl (C=O) groups excluding carboxylic acids is 1. The number of hydrogen-bond donors (Lipinski definition) is 1. The first-order valence-electron chi connectivity index (χ1n) is 10.4. The number of primary amides is 1. The number of likely N-dealkylation sites (tertiary alicyclic amines) is 1. The van der Waals surface area contributed by atoms with Crippen molar-refractivity contribution in [1.82, 2.24) is 14.9 Å². The van der Waals surface area contributed by atoms with E-state index in [9.17, 15) is 4.79 Å². The molecule has 0 radical (unpaired) electrons. The van der Waals surface area contributed by atoms with Crippen LogP contribution in [0.3, 0.4) is 0 Å². The van der Waals surface area contributed by atoms with E-state index >= 15 is 0 Å². The predicted molar refractivity (Wildman–Crippen MR) is 119 cm³/mol. The fourth-order valence-corrected chi connectivity index (χ4v) is 4.43. The molecule has 5 nitrogen and oxygen atoms in total. The van der Waals surface area contributed by atoms with Gasteiger partial charge in [-0.2, -0.15) is 0 Å². The summed E-state index contributed by atoms with van der Waals surface area (Å²) in [6.45, 7) is 7.60. The third-order valence-corrected chi connectivity index (χ3v) is 6.63. The molecule has 1 fully saturated rings. The number of nitrogens with two attached hydrogens (primary N) is 1. The zero-order chi connectivity index (χ0) is 21.1. The van der Waals surface area contributed by atoms with Crippen molar-refractivity contribution in [3.8, 4) is 11.1 Å². The summed E-state index contributed by atoms with van der Waals surface area (Å²) in [6, 6.07) is 16.5. The van der Waals surface area contributed by atoms with Crippen molar-refractivity contribution in [3.05, 3.63) is 83.9 Å². The quantitative estimate of drug-likeness (QED) is 0.701. The number of carbonyl (C=O) groups is 1. The minimum atomic E-state index is -0.365. The molecular formula is C25H28N4O. The molecular weight excluding hydrogens is 372 g/mol. The van der Waals surface area contributed by atoms with E-state index in [-0.39, 0.29) is 11.3 Å². The van der Waals surface area contributed by atoms with Gasteiger partial charge in [0.25, 0.3) is 0 Å². The Morgan fingerprint density at radius 2 is 1.87 bits per heavy atom. The lowest BCUT2D eigenvalue weighted by Gasteiger charge is -2.45. The van der Waals surface area contributed by atoms with Crippen LogP contribution in [0.25, 0.3) is 11.1 Å². The molecule has 2 aromatic carbocycles. The maximum atomic E-state index is 11.6. The number of aromatic nitrogens is 2. The first kappa shape index (κ1) is 20.2. The number of piperidine rings is 1. The third kappa shape index (κ3) is 4.12. The Morgan fingerprint density at radius 1 is 1.13 bits per heavy atom. The van der Waals surface area contributed by atoms with Gasteiger partial charge in [0.2, 0.25) is 5.91 Å². The van der Waals surface area contributed by atoms with E-state index in [1.165, 1.54) is 11.1 Å². The highest BCUT2D eigenvalue weighted by atomic mass is 16.1. The van der Waals surface area contributed by atoms with Crippen molar-refractivity contribution < 1.29 is 4.79 Å². The lowest BCUT2D eigenvalue weighted by atomic mass is 9.68. The second-order valence-corrected chi connectivity index (χ2v) is 8.57. The summed E-state index contributed by atoms with van der Waals surface area (Å²) in [5.74, 6) is 0.103. The first-order valence-corrected chi connectivity index (χ1v) is 10.4. The van der Waals surface area contributed by atoms with Crippen LogP contribution in [0.5, 0.6) is 0 Å². The monoisotopic (exact) mass is 400 g/mol. The Hall–Kier alpha value is -3.05. The second-order valence-electron chi connectivity index (χ2n) is 8.57. The van der Waals surface area contributed by atoms with Crippen molar-refractivity contribution in [2.75, 3.05) is 13.1 Å². The largest absolute Gasteiger partial charge is 0.366 e. The van der Waals surface area contributed by atoms with Crippen molar-refractivity contribution in [3.63, 3.8) is 0 Å². The molecule has 1 aliphatic heterocycles. The molecule has 1 aliphatic rings. The van der Waals surface area contributed by atoms with Crippen LogP contribution >= 0.6 is 0 Å². The highest BCUT2D eigenvalue weighted by molar-refractivity contribution is 5.92. The van der Waals surface area contributed by atoms with Gasteiger partial charge in [0.1, 0.15) is 6.33 Å². The van der Waals surface area contributed by atoms with E-state index in [0.29, 0.717) is 11.5 Å². The minimum Gasteiger partial charge on any atom is -0.366 e. The Labute approximate surface area is 178 Å². The molecule has 1 aromatic heterocycles. The van der Waals surface area contributed by atoms with E-state index in [4.69, 9.17) is 5.73 Å². The highest BCUT2D eigenvalue weighted by Gasteiger charge is 2.38. The maximum Gasteiger partial charge on any atom is 0.248 e. The number of amides is 1. The van der Waals surface area contributed by atoms with Gasteiger partial charge in [-0.25, -0.2) is 9.97 Å². The van der Waals surface area contributed by atoms with Crippen molar-refractivity contribution in [2.24, 2.45) is 11.7 Å². The molecule has 0 aliphatic carbocycles. The first-order chi connectivity index (χ1) is 14.5. The lowest BCUT2D eigenvalue weighted by molar-refractivity contribution is 0.0996. The molecule has 0 bridgehead atoms. The molecule has 5 heteroatoms. The molecule has 3 aromatic rings. The summed E-state index contributed by atoms with van der Waals surface area (Å²) in [6.07, 6.45) is 6.27. The van der Waals surface area contributed by atoms with Gasteiger partial charge >= 0.3 is 0 Å². The molecule has 0 spiro atoms. The Kier molecular flexibility index (Phi) is 5.64. The Morgan fingerprint density at radius 3 is 2.53 bits per heavy atom. The van der Waals surface area contributed by atoms with Crippen LogP contribution in [0, 0.1) is 5.92 Å². The SMILES string of the molecule is CC1CN(Cc2ccc(-c3cncnc3)cc2)CCC1(C)c1cccc(C(N)=O)c1. The molecule has 2 heterocycles. The topological polar surface area (TPSA) is 72.1 Å². The van der Waals surface area contributed by atoms with E-state index in [1.54, 1.807) is 12.4 Å². The summed E-state index contributed by atoms with van der Waals surface area (Å²) < 4.78 is 0. The summed E-state index contributed by atoms with van der Waals surface area (Å²) >= 11 is 0. The average molecular weight is 401 g/mol. The summed E-state index contributed by atoms with van der Waals surface area (Å²) in [5, 5.41) is 0. The lowest BCUT2D eigenvalue weighted by Crippen LogP contribution is -2.47. The van der Waals surface area contributed by atoms with Gasteiger partial charge in [-0.1, -0.05) is 50.2 Å². The smallest absolute Gasteiger partial charge is 0.248 e. The minimum absolute atomic E-state index is 0.0408. The molecule has 1 amide bonds. The molecule has 2 N–H and O–H groups in total. The van der Waals surface area contributed by atoms with Crippen LogP contribution < -0.4 is 5.73 Å². The zero-order valence-corrected chi connectivity index (χ0v) is 17.6. The summed E-state index contributed by atoms with van der Waals surface area (Å²) in [7, 11) is 0. The van der Waals surface area contributed by atoms with Crippen molar-refractivity contribution >= 4 is 5.91 Å². The summed E-state index contributed by atoms with van der Waals surface area (Å²) in [4.78, 5) is 22.3. The number of hydrogen-bond acceptors (Lipinski definition) is 4. The zero-order valence-electron chi connectivity index (χ0n) is 17.6. The van der Waals surface area contributed by atoms with E-state index in [1.807, 2.05) is 24.5 Å². The summed E-state index contributed by atoms with van der Waals surface area (Å²) in [5.41, 5.74) is 10.8. The average Bonchev–Trinajstić information content (AvgIpc) is 2.77. The van der Waals surface area contributed by atoms with Gasteiger partial charge in [0.15, 0.2) is 0 Å². The van der Waals surface area contributed by atoms with Gasteiger partial charge in [0.05, 0.1) is 0 Å². The standard InChI is InChI=1S/C25H28N4O/c1-18-15-29(11-10-25(18,2)23-5-3-4-21(12-23)24(26)30)16-19-6-8-20(9-7-19)22-13-27-17-28-14-22/h3-9,12-14,17-18H,10-11,15-16H2,1-2H3,(H2,26,30). The van der Waals surface area contributed by atoms with E-state index in [2.05, 4.69) is 59.0 Å². The van der Waals surface area contributed by atoms with Gasteiger partial charge in [-0.3, -0.25) is 9.69 Å². The molecule has 0 saturated carbocycles. The molecule has 2 atom stereocenters. The predicted octanol–water partition coefficient (Wildman–Crippen LogP) is 4.04. The van der Waals surface area contributed by atoms with E-state index in [0.717, 1.165) is 37.2 Å². The normalized spacial score (nSPS) is 22.0. The number of benzene rings is 2. The molecule has 2 unspecified atom stereocenters. The Bertz CT molecular complexity index is 1020. The third-order valence-electron chi connectivity index (χ3n) is 6.63. The second kappa shape index (κ2) is 8.36. The highest BCUT2D eigenvalue weighted by Crippen LogP contribution is 2.40. The van der Waals surface area contributed by atoms with Crippen LogP contribution in [-0.2, 0) is 12.0 Å². The fraction of sp³-hybridized carbons (Fsp3) is 0.320. The van der Waals surface area contributed by atoms with Crippen LogP contribution in [0.15, 0.2) is 67.3 Å². The molecule has 1 saturated heterocycles. The fourth-order valence-electron chi connectivity index (χ4n) is 4.43. The molecule has 30 heavy (non-hydrogen) atoms. The van der Waals surface area contributed by atoms with Crippen LogP contribution in [0.1, 0.15) is 41.8 Å². The van der Waals surface area contributed by atoms with Gasteiger partial charge < -0.3 is 5.73 Å². The molecule has 4 rings (SSSR count). The van der Waals surface area contributed by atoms with Gasteiger partial charge in [0, 0.05) is 36.6 Å². The van der Waals surface area contributed by atoms with Crippen LogP contribution in [0.4, 0.5) is 0 Å².